The largest absolute Gasteiger partial charge is 0.343 e. The van der Waals surface area contributed by atoms with Crippen molar-refractivity contribution < 1.29 is 14.4 Å². The van der Waals surface area contributed by atoms with Crippen molar-refractivity contribution in [2.24, 2.45) is 11.8 Å². The first-order valence-electron chi connectivity index (χ1n) is 8.51. The van der Waals surface area contributed by atoms with Crippen LogP contribution in [0.25, 0.3) is 0 Å². The van der Waals surface area contributed by atoms with Gasteiger partial charge in [0.05, 0.1) is 5.92 Å². The molecule has 0 aromatic carbocycles. The molecule has 0 aliphatic carbocycles. The number of aldehydes is 1. The fourth-order valence-corrected chi connectivity index (χ4v) is 2.90. The van der Waals surface area contributed by atoms with Crippen LogP contribution in [0, 0.1) is 11.8 Å². The summed E-state index contributed by atoms with van der Waals surface area (Å²) in [4.78, 5) is 42.3. The molecule has 130 valence electrons. The minimum absolute atomic E-state index is 0.0153. The lowest BCUT2D eigenvalue weighted by atomic mass is 9.88. The number of carbonyl (C=O) groups excluding carboxylic acids is 3. The zero-order chi connectivity index (χ0) is 17.3. The fraction of sp³-hybridized carbons (Fsp3) is 0.824. The first kappa shape index (κ1) is 17.9. The summed E-state index contributed by atoms with van der Waals surface area (Å²) in [5.41, 5.74) is 0. The molecule has 2 heterocycles. The van der Waals surface area contributed by atoms with E-state index in [9.17, 15) is 14.4 Å². The van der Waals surface area contributed by atoms with Crippen LogP contribution in [0.2, 0.25) is 0 Å². The Morgan fingerprint density at radius 3 is 2.17 bits per heavy atom. The van der Waals surface area contributed by atoms with Gasteiger partial charge in [0.15, 0.2) is 0 Å². The van der Waals surface area contributed by atoms with E-state index in [1.807, 2.05) is 20.8 Å². The lowest BCUT2D eigenvalue weighted by Crippen LogP contribution is -2.44. The van der Waals surface area contributed by atoms with Gasteiger partial charge in [-0.2, -0.15) is 0 Å². The minimum atomic E-state index is -0.545. The number of nitrogens with zero attached hydrogens (tertiary/aromatic N) is 3. The summed E-state index contributed by atoms with van der Waals surface area (Å²) in [5.74, 6) is -1.04. The molecule has 6 nitrogen and oxygen atoms in total. The van der Waals surface area contributed by atoms with Crippen LogP contribution >= 0.6 is 0 Å². The van der Waals surface area contributed by atoms with Crippen molar-refractivity contribution in [2.45, 2.75) is 52.2 Å². The third-order valence-electron chi connectivity index (χ3n) is 5.14. The van der Waals surface area contributed by atoms with Crippen LogP contribution in [0.4, 0.5) is 0 Å². The summed E-state index contributed by atoms with van der Waals surface area (Å²) >= 11 is 0. The number of amides is 2. The van der Waals surface area contributed by atoms with Crippen molar-refractivity contribution in [3.63, 3.8) is 0 Å². The van der Waals surface area contributed by atoms with Crippen molar-refractivity contribution in [1.29, 1.82) is 0 Å². The van der Waals surface area contributed by atoms with Crippen LogP contribution in [-0.2, 0) is 14.4 Å². The first-order valence-corrected chi connectivity index (χ1v) is 8.51. The van der Waals surface area contributed by atoms with Crippen LogP contribution in [0.3, 0.4) is 0 Å². The van der Waals surface area contributed by atoms with Crippen LogP contribution in [0.5, 0.6) is 0 Å². The molecule has 6 heteroatoms. The molecule has 0 spiro atoms. The minimum Gasteiger partial charge on any atom is -0.343 e. The van der Waals surface area contributed by atoms with Gasteiger partial charge in [0.1, 0.15) is 6.29 Å². The lowest BCUT2D eigenvalue weighted by Gasteiger charge is -2.30. The molecule has 0 N–H and O–H groups in total. The highest BCUT2D eigenvalue weighted by Crippen LogP contribution is 2.27. The molecular weight excluding hydrogens is 294 g/mol. The van der Waals surface area contributed by atoms with Gasteiger partial charge >= 0.3 is 0 Å². The molecule has 2 aliphatic rings. The Bertz CT molecular complexity index is 480. The van der Waals surface area contributed by atoms with Crippen molar-refractivity contribution in [2.75, 3.05) is 26.7 Å². The van der Waals surface area contributed by atoms with E-state index in [0.717, 1.165) is 19.4 Å². The normalized spacial score (nSPS) is 28.3. The van der Waals surface area contributed by atoms with E-state index in [1.54, 1.807) is 16.8 Å². The maximum Gasteiger partial charge on any atom is 0.227 e. The van der Waals surface area contributed by atoms with Crippen LogP contribution in [0.1, 0.15) is 34.1 Å². The van der Waals surface area contributed by atoms with Crippen LogP contribution in [0.15, 0.2) is 0 Å². The van der Waals surface area contributed by atoms with E-state index >= 15 is 0 Å². The van der Waals surface area contributed by atoms with E-state index < -0.39 is 11.8 Å². The molecule has 2 amide bonds. The van der Waals surface area contributed by atoms with Crippen LogP contribution < -0.4 is 0 Å². The number of hydrogen-bond donors (Lipinski definition) is 0. The molecule has 5 atom stereocenters. The first-order chi connectivity index (χ1) is 10.8. The van der Waals surface area contributed by atoms with Crippen LogP contribution in [-0.4, -0.2) is 77.6 Å². The number of hydrogen-bond acceptors (Lipinski definition) is 4. The van der Waals surface area contributed by atoms with Gasteiger partial charge in [-0.05, 0) is 27.7 Å². The third kappa shape index (κ3) is 4.31. The van der Waals surface area contributed by atoms with Gasteiger partial charge in [-0.15, -0.1) is 0 Å². The Morgan fingerprint density at radius 2 is 1.78 bits per heavy atom. The van der Waals surface area contributed by atoms with E-state index in [2.05, 4.69) is 11.8 Å². The van der Waals surface area contributed by atoms with Gasteiger partial charge in [-0.25, -0.2) is 0 Å². The molecule has 2 rings (SSSR count). The summed E-state index contributed by atoms with van der Waals surface area (Å²) in [6.07, 6.45) is 0.940. The Labute approximate surface area is 138 Å². The molecule has 0 saturated carbocycles. The van der Waals surface area contributed by atoms with Crippen molar-refractivity contribution >= 4 is 18.1 Å². The smallest absolute Gasteiger partial charge is 0.227 e. The molecular formula is C17H29N3O3. The fourth-order valence-electron chi connectivity index (χ4n) is 2.90. The van der Waals surface area contributed by atoms with Gasteiger partial charge in [-0.1, -0.05) is 0 Å². The Hall–Kier alpha value is -1.43. The molecule has 2 saturated heterocycles. The second kappa shape index (κ2) is 6.99. The summed E-state index contributed by atoms with van der Waals surface area (Å²) in [5, 5.41) is 0. The predicted octanol–water partition coefficient (Wildman–Crippen LogP) is 0.609. The standard InChI is InChI=1S/C17H29N3O3/c1-11(2)18(5)17(23)15(9-19-7-12(19)3)14(10-21)6-16(22)20-8-13(20)4/h10-15H,6-9H2,1-5H3. The highest BCUT2D eigenvalue weighted by molar-refractivity contribution is 5.86. The van der Waals surface area contributed by atoms with E-state index in [-0.39, 0.29) is 30.3 Å². The van der Waals surface area contributed by atoms with Crippen molar-refractivity contribution in [3.8, 4) is 0 Å². The molecule has 0 aromatic rings. The summed E-state index contributed by atoms with van der Waals surface area (Å²) in [6, 6.07) is 0.811. The summed E-state index contributed by atoms with van der Waals surface area (Å²) in [6.45, 7) is 10.3. The zero-order valence-corrected chi connectivity index (χ0v) is 14.9. The Morgan fingerprint density at radius 1 is 1.22 bits per heavy atom. The third-order valence-corrected chi connectivity index (χ3v) is 5.14. The molecule has 0 aromatic heterocycles. The molecule has 2 fully saturated rings. The Balaban J connectivity index is 2.07. The second-order valence-corrected chi connectivity index (χ2v) is 7.35. The molecule has 0 bridgehead atoms. The molecule has 5 unspecified atom stereocenters. The average Bonchev–Trinajstić information content (AvgIpc) is 3.40. The van der Waals surface area contributed by atoms with Gasteiger partial charge < -0.3 is 14.6 Å². The summed E-state index contributed by atoms with van der Waals surface area (Å²) in [7, 11) is 1.77. The monoisotopic (exact) mass is 323 g/mol. The Kier molecular flexibility index (Phi) is 5.45. The SMILES string of the molecule is CC1CN1CC(C(=O)N(C)C(C)C)C(C=O)CC(=O)N1CC1C. The number of carbonyl (C=O) groups is 3. The highest BCUT2D eigenvalue weighted by Gasteiger charge is 2.41. The van der Waals surface area contributed by atoms with Gasteiger partial charge in [0, 0.05) is 57.1 Å². The second-order valence-electron chi connectivity index (χ2n) is 7.35. The van der Waals surface area contributed by atoms with Crippen molar-refractivity contribution in [1.82, 2.24) is 14.7 Å². The van der Waals surface area contributed by atoms with E-state index in [0.29, 0.717) is 12.6 Å². The molecule has 23 heavy (non-hydrogen) atoms. The van der Waals surface area contributed by atoms with Crippen molar-refractivity contribution in [3.05, 3.63) is 0 Å². The topological polar surface area (TPSA) is 60.5 Å². The maximum atomic E-state index is 12.8. The quantitative estimate of drug-likeness (QED) is 0.485. The van der Waals surface area contributed by atoms with E-state index in [1.165, 1.54) is 0 Å². The number of rotatable bonds is 8. The van der Waals surface area contributed by atoms with E-state index in [4.69, 9.17) is 0 Å². The highest BCUT2D eigenvalue weighted by atomic mass is 16.2. The van der Waals surface area contributed by atoms with Gasteiger partial charge in [-0.3, -0.25) is 14.5 Å². The maximum absolute atomic E-state index is 12.8. The average molecular weight is 323 g/mol. The predicted molar refractivity (Wildman–Crippen MR) is 87.8 cm³/mol. The van der Waals surface area contributed by atoms with Gasteiger partial charge in [0.2, 0.25) is 11.8 Å². The molecule has 2 aliphatic heterocycles. The lowest BCUT2D eigenvalue weighted by molar-refractivity contribution is -0.141. The zero-order valence-electron chi connectivity index (χ0n) is 14.9. The van der Waals surface area contributed by atoms with Gasteiger partial charge in [0.25, 0.3) is 0 Å². The summed E-state index contributed by atoms with van der Waals surface area (Å²) < 4.78 is 0. The molecule has 0 radical (unpaired) electrons.